The molecule has 0 radical (unpaired) electrons. The number of anilines is 2. The zero-order chi connectivity index (χ0) is 34.5. The molecule has 2 saturated heterocycles. The van der Waals surface area contributed by atoms with Gasteiger partial charge in [0, 0.05) is 11.3 Å². The minimum absolute atomic E-state index is 0.0401. The van der Waals surface area contributed by atoms with Crippen molar-refractivity contribution in [3.8, 4) is 5.75 Å². The number of amides is 4. The molecule has 0 aromatic heterocycles. The van der Waals surface area contributed by atoms with Gasteiger partial charge in [-0.3, -0.25) is 24.1 Å². The van der Waals surface area contributed by atoms with Crippen molar-refractivity contribution in [2.75, 3.05) is 9.80 Å². The highest BCUT2D eigenvalue weighted by Crippen LogP contribution is 2.64. The van der Waals surface area contributed by atoms with Gasteiger partial charge in [-0.1, -0.05) is 59.6 Å². The lowest BCUT2D eigenvalue weighted by atomic mass is 9.51. The highest BCUT2D eigenvalue weighted by atomic mass is 35.5. The number of benzene rings is 4. The second-order valence-corrected chi connectivity index (χ2v) is 13.8. The summed E-state index contributed by atoms with van der Waals surface area (Å²) < 4.78 is 14.2. The van der Waals surface area contributed by atoms with Crippen molar-refractivity contribution in [1.82, 2.24) is 0 Å². The van der Waals surface area contributed by atoms with Crippen LogP contribution in [0.15, 0.2) is 90.5 Å². The fourth-order valence-corrected chi connectivity index (χ4v) is 9.00. The third-order valence-corrected chi connectivity index (χ3v) is 11.3. The summed E-state index contributed by atoms with van der Waals surface area (Å²) in [5.74, 6) is -7.76. The molecule has 2 aliphatic carbocycles. The van der Waals surface area contributed by atoms with Crippen LogP contribution in [0.4, 0.5) is 15.8 Å². The maximum atomic E-state index is 14.7. The van der Waals surface area contributed by atoms with Gasteiger partial charge in [-0.15, -0.1) is 0 Å². The van der Waals surface area contributed by atoms with E-state index in [1.165, 1.54) is 36.4 Å². The number of hydrogen-bond acceptors (Lipinski definition) is 6. The van der Waals surface area contributed by atoms with Crippen LogP contribution >= 0.6 is 11.6 Å². The first-order chi connectivity index (χ1) is 23.4. The molecule has 2 aliphatic heterocycles. The summed E-state index contributed by atoms with van der Waals surface area (Å²) in [5, 5.41) is 21.3. The van der Waals surface area contributed by atoms with Crippen LogP contribution in [0.2, 0.25) is 5.02 Å². The molecule has 4 aliphatic rings. The van der Waals surface area contributed by atoms with Crippen molar-refractivity contribution < 1.29 is 38.6 Å². The lowest BCUT2D eigenvalue weighted by Crippen LogP contribution is -2.49. The van der Waals surface area contributed by atoms with E-state index in [-0.39, 0.29) is 40.6 Å². The number of imide groups is 2. The largest absolute Gasteiger partial charge is 0.507 e. The summed E-state index contributed by atoms with van der Waals surface area (Å²) in [6.07, 6.45) is 2.20. The molecular formula is C38H28ClFN2O7. The molecule has 11 heteroatoms. The van der Waals surface area contributed by atoms with Crippen molar-refractivity contribution in [3.05, 3.63) is 112 Å². The second-order valence-electron chi connectivity index (χ2n) is 13.3. The predicted octanol–water partition coefficient (Wildman–Crippen LogP) is 6.47. The number of carbonyl (C=O) groups is 5. The summed E-state index contributed by atoms with van der Waals surface area (Å²) in [5.41, 5.74) is 0.262. The third-order valence-electron chi connectivity index (χ3n) is 11.0. The summed E-state index contributed by atoms with van der Waals surface area (Å²) in [7, 11) is 0. The van der Waals surface area contributed by atoms with Gasteiger partial charge in [-0.05, 0) is 79.1 Å². The quantitative estimate of drug-likeness (QED) is 0.187. The molecule has 8 rings (SSSR count). The molecule has 4 aromatic rings. The Hall–Kier alpha value is -5.35. The Balaban J connectivity index is 1.30. The lowest BCUT2D eigenvalue weighted by Gasteiger charge is -2.49. The van der Waals surface area contributed by atoms with Gasteiger partial charge < -0.3 is 10.2 Å². The lowest BCUT2D eigenvalue weighted by molar-refractivity contribution is -0.131. The first-order valence-corrected chi connectivity index (χ1v) is 16.3. The minimum Gasteiger partial charge on any atom is -0.507 e. The van der Waals surface area contributed by atoms with Crippen LogP contribution in [0.25, 0.3) is 10.8 Å². The number of hydrogen-bond donors (Lipinski definition) is 2. The van der Waals surface area contributed by atoms with Crippen molar-refractivity contribution in [1.29, 1.82) is 0 Å². The van der Waals surface area contributed by atoms with Gasteiger partial charge in [0.05, 0.1) is 45.1 Å². The van der Waals surface area contributed by atoms with Gasteiger partial charge in [-0.2, -0.15) is 0 Å². The highest BCUT2D eigenvalue weighted by molar-refractivity contribution is 6.32. The molecule has 6 atom stereocenters. The third kappa shape index (κ3) is 4.26. The van der Waals surface area contributed by atoms with E-state index in [1.807, 2.05) is 18.2 Å². The van der Waals surface area contributed by atoms with Crippen LogP contribution in [0.1, 0.15) is 41.6 Å². The Morgan fingerprint density at radius 1 is 0.857 bits per heavy atom. The standard InChI is InChI=1S/C38H28ClFN2O7/c1-38-27(34(45)42(37(38)49)20-9-13-29(40)28(39)16-20)17-26-24(32(38)23-12-14-30(43)22-8-3-2-7-21(22)23)10-11-25-31(26)35(46)41(33(25)44)19-6-4-5-18(15-19)36(47)48/h2-10,12-16,25-27,31-32,43H,11,17H2,1H3,(H,47,48). The number of carboxylic acids is 1. The van der Waals surface area contributed by atoms with E-state index < -0.39 is 70.4 Å². The first kappa shape index (κ1) is 31.0. The van der Waals surface area contributed by atoms with E-state index in [1.54, 1.807) is 31.2 Å². The Morgan fingerprint density at radius 3 is 2.33 bits per heavy atom. The van der Waals surface area contributed by atoms with Gasteiger partial charge in [0.15, 0.2) is 0 Å². The molecule has 3 fully saturated rings. The highest BCUT2D eigenvalue weighted by Gasteiger charge is 2.67. The van der Waals surface area contributed by atoms with E-state index in [4.69, 9.17) is 11.6 Å². The predicted molar refractivity (Wildman–Crippen MR) is 178 cm³/mol. The molecule has 246 valence electrons. The van der Waals surface area contributed by atoms with Crippen LogP contribution in [-0.2, 0) is 19.2 Å². The molecule has 6 unspecified atom stereocenters. The number of aromatic hydroxyl groups is 1. The number of nitrogens with zero attached hydrogens (tertiary/aromatic N) is 2. The zero-order valence-corrected chi connectivity index (χ0v) is 26.7. The molecule has 4 amide bonds. The van der Waals surface area contributed by atoms with Crippen LogP contribution < -0.4 is 9.80 Å². The molecule has 2 N–H and O–H groups in total. The van der Waals surface area contributed by atoms with Crippen molar-refractivity contribution in [2.24, 2.45) is 29.1 Å². The fraction of sp³-hybridized carbons (Fsp3) is 0.237. The second kappa shape index (κ2) is 10.8. The fourth-order valence-electron chi connectivity index (χ4n) is 8.82. The molecule has 9 nitrogen and oxygen atoms in total. The number of rotatable bonds is 4. The number of aromatic carboxylic acids is 1. The number of allylic oxidation sites excluding steroid dienone is 2. The number of carboxylic acid groups (broad SMARTS) is 1. The maximum Gasteiger partial charge on any atom is 0.335 e. The van der Waals surface area contributed by atoms with E-state index in [0.717, 1.165) is 21.4 Å². The van der Waals surface area contributed by atoms with Gasteiger partial charge in [-0.25, -0.2) is 14.1 Å². The van der Waals surface area contributed by atoms with Gasteiger partial charge >= 0.3 is 5.97 Å². The summed E-state index contributed by atoms with van der Waals surface area (Å²) >= 11 is 6.10. The van der Waals surface area contributed by atoms with Crippen molar-refractivity contribution >= 4 is 63.3 Å². The average Bonchev–Trinajstić information content (AvgIpc) is 3.46. The number of fused-ring (bicyclic) bond motifs is 5. The van der Waals surface area contributed by atoms with Crippen LogP contribution in [0.3, 0.4) is 0 Å². The maximum absolute atomic E-state index is 14.7. The molecule has 4 aromatic carbocycles. The van der Waals surface area contributed by atoms with Gasteiger partial charge in [0.2, 0.25) is 23.6 Å². The number of phenols is 1. The van der Waals surface area contributed by atoms with Gasteiger partial charge in [0.25, 0.3) is 0 Å². The van der Waals surface area contributed by atoms with E-state index >= 15 is 0 Å². The van der Waals surface area contributed by atoms with Crippen LogP contribution in [0, 0.1) is 34.9 Å². The van der Waals surface area contributed by atoms with Crippen LogP contribution in [-0.4, -0.2) is 39.8 Å². The average molecular weight is 679 g/mol. The summed E-state index contributed by atoms with van der Waals surface area (Å²) in [6, 6.07) is 19.8. The number of halogens is 2. The SMILES string of the molecule is CC12C(=O)N(c3ccc(F)c(Cl)c3)C(=O)C1CC1C(=CCC3C(=O)N(c4cccc(C(=O)O)c4)C(=O)C31)C2c1ccc(O)c2ccccc12. The normalized spacial score (nSPS) is 27.7. The number of carbonyl (C=O) groups excluding carboxylic acids is 4. The monoisotopic (exact) mass is 678 g/mol. The molecule has 0 spiro atoms. The molecule has 1 saturated carbocycles. The Bertz CT molecular complexity index is 2220. The van der Waals surface area contributed by atoms with Crippen molar-refractivity contribution in [3.63, 3.8) is 0 Å². The Morgan fingerprint density at radius 2 is 1.59 bits per heavy atom. The molecule has 2 heterocycles. The zero-order valence-electron chi connectivity index (χ0n) is 26.0. The van der Waals surface area contributed by atoms with Gasteiger partial charge in [0.1, 0.15) is 11.6 Å². The van der Waals surface area contributed by atoms with E-state index in [9.17, 15) is 38.6 Å². The number of phenolic OH excluding ortho intramolecular Hbond substituents is 1. The van der Waals surface area contributed by atoms with Crippen LogP contribution in [0.5, 0.6) is 5.75 Å². The topological polar surface area (TPSA) is 132 Å². The van der Waals surface area contributed by atoms with E-state index in [2.05, 4.69) is 0 Å². The Kier molecular flexibility index (Phi) is 6.84. The van der Waals surface area contributed by atoms with Crippen molar-refractivity contribution in [2.45, 2.75) is 25.7 Å². The molecule has 49 heavy (non-hydrogen) atoms. The first-order valence-electron chi connectivity index (χ1n) is 15.9. The summed E-state index contributed by atoms with van der Waals surface area (Å²) in [4.78, 5) is 71.2. The molecule has 0 bridgehead atoms. The van der Waals surface area contributed by atoms with E-state index in [0.29, 0.717) is 16.3 Å². The molecular weight excluding hydrogens is 651 g/mol. The Labute approximate surface area is 284 Å². The smallest absolute Gasteiger partial charge is 0.335 e. The minimum atomic E-state index is -1.37. The summed E-state index contributed by atoms with van der Waals surface area (Å²) in [6.45, 7) is 1.74.